The van der Waals surface area contributed by atoms with E-state index >= 15 is 0 Å². The van der Waals surface area contributed by atoms with Crippen LogP contribution in [0, 0.1) is 0 Å². The molecule has 0 amide bonds. The monoisotopic (exact) mass is 424 g/mol. The van der Waals surface area contributed by atoms with Gasteiger partial charge in [0.15, 0.2) is 0 Å². The smallest absolute Gasteiger partial charge is 0.125 e. The molecule has 31 heavy (non-hydrogen) atoms. The van der Waals surface area contributed by atoms with Crippen molar-refractivity contribution in [1.82, 2.24) is 19.8 Å². The van der Waals surface area contributed by atoms with E-state index in [1.807, 2.05) is 36.9 Å². The Hall–Kier alpha value is -2.93. The second kappa shape index (κ2) is 8.30. The molecule has 0 unspecified atom stereocenters. The molecule has 0 spiro atoms. The molecule has 7 heteroatoms. The van der Waals surface area contributed by atoms with Gasteiger partial charge >= 0.3 is 0 Å². The van der Waals surface area contributed by atoms with Gasteiger partial charge in [-0.05, 0) is 64.8 Å². The Morgan fingerprint density at radius 2 is 1.84 bits per heavy atom. The highest BCUT2D eigenvalue weighted by atomic mass is 16.3. The Morgan fingerprint density at radius 1 is 1.19 bits per heavy atom. The van der Waals surface area contributed by atoms with Crippen LogP contribution in [0.5, 0.6) is 5.75 Å². The maximum atomic E-state index is 10.5. The number of phenols is 1. The molecule has 0 bridgehead atoms. The fraction of sp³-hybridized carbons (Fsp3) is 0.458. The molecule has 168 valence electrons. The number of nitrogens with two attached hydrogens (primary N) is 2. The summed E-state index contributed by atoms with van der Waals surface area (Å²) in [6.45, 7) is 8.91. The first kappa shape index (κ1) is 22.7. The summed E-state index contributed by atoms with van der Waals surface area (Å²) in [5.41, 5.74) is 15.5. The Balaban J connectivity index is 1.77. The Morgan fingerprint density at radius 3 is 2.39 bits per heavy atom. The predicted molar refractivity (Wildman–Crippen MR) is 127 cm³/mol. The number of benzene rings is 1. The second-order valence-electron chi connectivity index (χ2n) is 9.90. The quantitative estimate of drug-likeness (QED) is 0.550. The Bertz CT molecular complexity index is 985. The fourth-order valence-corrected chi connectivity index (χ4v) is 4.71. The first-order valence-corrected chi connectivity index (χ1v) is 10.6. The summed E-state index contributed by atoms with van der Waals surface area (Å²) in [7, 11) is 3.94. The van der Waals surface area contributed by atoms with Crippen LogP contribution in [0.2, 0.25) is 0 Å². The molecule has 1 aromatic heterocycles. The van der Waals surface area contributed by atoms with Crippen molar-refractivity contribution >= 4 is 5.70 Å². The second-order valence-corrected chi connectivity index (χ2v) is 9.90. The molecule has 0 aliphatic carbocycles. The molecular weight excluding hydrogens is 388 g/mol. The summed E-state index contributed by atoms with van der Waals surface area (Å²) in [6, 6.07) is 5.76. The highest BCUT2D eigenvalue weighted by molar-refractivity contribution is 5.73. The van der Waals surface area contributed by atoms with Crippen LogP contribution in [0.25, 0.3) is 17.0 Å². The van der Waals surface area contributed by atoms with Gasteiger partial charge in [0.1, 0.15) is 5.75 Å². The fourth-order valence-electron chi connectivity index (χ4n) is 4.71. The van der Waals surface area contributed by atoms with Crippen LogP contribution < -0.4 is 16.8 Å². The number of nitrogens with zero attached hydrogens (tertiary/aromatic N) is 3. The average Bonchev–Trinajstić information content (AvgIpc) is 3.08. The summed E-state index contributed by atoms with van der Waals surface area (Å²) in [4.78, 5) is 6.25. The lowest BCUT2D eigenvalue weighted by atomic mass is 9.79. The van der Waals surface area contributed by atoms with Crippen molar-refractivity contribution < 1.29 is 5.11 Å². The molecule has 0 atom stereocenters. The van der Waals surface area contributed by atoms with Crippen LogP contribution in [0.15, 0.2) is 48.7 Å². The Kier molecular flexibility index (Phi) is 6.09. The number of imidazole rings is 1. The molecule has 0 radical (unpaired) electrons. The number of hydrogen-bond acceptors (Lipinski definition) is 6. The van der Waals surface area contributed by atoms with Gasteiger partial charge in [-0.15, -0.1) is 0 Å². The third-order valence-corrected chi connectivity index (χ3v) is 5.98. The molecule has 1 fully saturated rings. The van der Waals surface area contributed by atoms with Crippen molar-refractivity contribution in [2.45, 2.75) is 57.7 Å². The first-order valence-electron chi connectivity index (χ1n) is 10.6. The van der Waals surface area contributed by atoms with Gasteiger partial charge in [-0.1, -0.05) is 6.07 Å². The molecule has 2 heterocycles. The van der Waals surface area contributed by atoms with Gasteiger partial charge < -0.3 is 31.4 Å². The lowest BCUT2D eigenvalue weighted by Crippen LogP contribution is -2.61. The van der Waals surface area contributed by atoms with Gasteiger partial charge in [-0.2, -0.15) is 0 Å². The largest absolute Gasteiger partial charge is 0.507 e. The minimum absolute atomic E-state index is 0.0389. The number of allylic oxidation sites excluding steroid dienone is 2. The molecule has 2 aromatic rings. The van der Waals surface area contributed by atoms with Crippen molar-refractivity contribution in [1.29, 1.82) is 0 Å². The third kappa shape index (κ3) is 5.22. The number of piperidine rings is 1. The lowest BCUT2D eigenvalue weighted by molar-refractivity contribution is 0.0981. The highest BCUT2D eigenvalue weighted by Gasteiger charge is 2.39. The van der Waals surface area contributed by atoms with Gasteiger partial charge in [-0.3, -0.25) is 0 Å². The standard InChI is InChI=1S/C24H36N6O/c1-23(2)12-17(13-24(3,4)28-23)30(6)22(26)10-9-19(25)18-8-7-16(11-21(18)31)20-14-27-15-29(20)5/h7-11,14-15,17,28,31H,12-13,25-26H2,1-6H3/b19-9-,22-10+. The number of nitrogens with one attached hydrogen (secondary N) is 1. The van der Waals surface area contributed by atoms with E-state index in [0.717, 1.165) is 24.1 Å². The zero-order chi connectivity index (χ0) is 23.0. The van der Waals surface area contributed by atoms with E-state index in [1.165, 1.54) is 0 Å². The van der Waals surface area contributed by atoms with Crippen molar-refractivity contribution in [3.05, 3.63) is 54.3 Å². The number of phenolic OH excluding ortho intramolecular Hbond substituents is 1. The zero-order valence-electron chi connectivity index (χ0n) is 19.5. The minimum Gasteiger partial charge on any atom is -0.507 e. The van der Waals surface area contributed by atoms with Crippen LogP contribution in [-0.2, 0) is 7.05 Å². The van der Waals surface area contributed by atoms with Crippen molar-refractivity contribution in [2.75, 3.05) is 7.05 Å². The van der Waals surface area contributed by atoms with E-state index < -0.39 is 0 Å². The summed E-state index contributed by atoms with van der Waals surface area (Å²) in [5, 5.41) is 14.2. The van der Waals surface area contributed by atoms with Crippen molar-refractivity contribution in [3.63, 3.8) is 0 Å². The van der Waals surface area contributed by atoms with Crippen LogP contribution >= 0.6 is 0 Å². The number of aryl methyl sites for hydroxylation is 1. The number of rotatable bonds is 5. The molecule has 0 saturated carbocycles. The maximum Gasteiger partial charge on any atom is 0.125 e. The van der Waals surface area contributed by atoms with Crippen molar-refractivity contribution in [2.24, 2.45) is 18.5 Å². The SMILES string of the molecule is CN(/C(N)=C/C=C(\N)c1ccc(-c2cncn2C)cc1O)C1CC(C)(C)NC(C)(C)C1. The van der Waals surface area contributed by atoms with E-state index in [4.69, 9.17) is 11.5 Å². The first-order chi connectivity index (χ1) is 14.4. The van der Waals surface area contributed by atoms with Crippen LogP contribution in [0.1, 0.15) is 46.1 Å². The molecule has 1 aliphatic rings. The van der Waals surface area contributed by atoms with E-state index in [9.17, 15) is 5.11 Å². The number of aromatic nitrogens is 2. The molecule has 1 aliphatic heterocycles. The van der Waals surface area contributed by atoms with E-state index in [0.29, 0.717) is 23.1 Å². The molecule has 6 N–H and O–H groups in total. The molecule has 3 rings (SSSR count). The molecule has 7 nitrogen and oxygen atoms in total. The number of aromatic hydroxyl groups is 1. The topological polar surface area (TPSA) is 105 Å². The third-order valence-electron chi connectivity index (χ3n) is 5.98. The molecule has 1 saturated heterocycles. The lowest BCUT2D eigenvalue weighted by Gasteiger charge is -2.49. The summed E-state index contributed by atoms with van der Waals surface area (Å²) < 4.78 is 1.90. The highest BCUT2D eigenvalue weighted by Crippen LogP contribution is 2.32. The Labute approximate surface area is 185 Å². The van der Waals surface area contributed by atoms with Crippen LogP contribution in [-0.4, -0.2) is 43.7 Å². The summed E-state index contributed by atoms with van der Waals surface area (Å²) in [6.07, 6.45) is 9.04. The van der Waals surface area contributed by atoms with Gasteiger partial charge in [0.2, 0.25) is 0 Å². The maximum absolute atomic E-state index is 10.5. The zero-order valence-corrected chi connectivity index (χ0v) is 19.5. The molecule has 1 aromatic carbocycles. The summed E-state index contributed by atoms with van der Waals surface area (Å²) in [5.74, 6) is 0.766. The van der Waals surface area contributed by atoms with Crippen LogP contribution in [0.3, 0.4) is 0 Å². The van der Waals surface area contributed by atoms with Gasteiger partial charge in [-0.25, -0.2) is 4.98 Å². The normalized spacial score (nSPS) is 19.4. The van der Waals surface area contributed by atoms with Crippen LogP contribution in [0.4, 0.5) is 0 Å². The molecular formula is C24H36N6O. The predicted octanol–water partition coefficient (Wildman–Crippen LogP) is 3.13. The van der Waals surface area contributed by atoms with Crippen molar-refractivity contribution in [3.8, 4) is 17.0 Å². The van der Waals surface area contributed by atoms with Gasteiger partial charge in [0, 0.05) is 48.0 Å². The van der Waals surface area contributed by atoms with E-state index in [1.54, 1.807) is 24.7 Å². The minimum atomic E-state index is 0.0389. The van der Waals surface area contributed by atoms with E-state index in [2.05, 4.69) is 42.9 Å². The average molecular weight is 425 g/mol. The van der Waals surface area contributed by atoms with Gasteiger partial charge in [0.05, 0.1) is 24.0 Å². The van der Waals surface area contributed by atoms with E-state index in [-0.39, 0.29) is 16.8 Å². The number of hydrogen-bond donors (Lipinski definition) is 4. The summed E-state index contributed by atoms with van der Waals surface area (Å²) >= 11 is 0. The van der Waals surface area contributed by atoms with Gasteiger partial charge in [0.25, 0.3) is 0 Å².